The van der Waals surface area contributed by atoms with Crippen LogP contribution in [0.4, 0.5) is 5.69 Å². The van der Waals surface area contributed by atoms with E-state index in [2.05, 4.69) is 21.2 Å². The van der Waals surface area contributed by atoms with Crippen molar-refractivity contribution in [1.82, 2.24) is 0 Å². The fourth-order valence-corrected chi connectivity index (χ4v) is 3.90. The van der Waals surface area contributed by atoms with E-state index in [-0.39, 0.29) is 12.2 Å². The van der Waals surface area contributed by atoms with Gasteiger partial charge in [-0.3, -0.25) is 4.79 Å². The van der Waals surface area contributed by atoms with E-state index in [1.807, 2.05) is 13.0 Å². The summed E-state index contributed by atoms with van der Waals surface area (Å²) < 4.78 is 12.3. The van der Waals surface area contributed by atoms with E-state index in [0.29, 0.717) is 48.9 Å². The topological polar surface area (TPSA) is 71.3 Å². The number of amides is 1. The fourth-order valence-electron chi connectivity index (χ4n) is 2.87. The number of nitrogens with one attached hydrogen (secondary N) is 1. The quantitative estimate of drug-likeness (QED) is 0.217. The van der Waals surface area contributed by atoms with Crippen LogP contribution in [0, 0.1) is 11.3 Å². The van der Waals surface area contributed by atoms with E-state index in [1.54, 1.807) is 54.6 Å². The standard InChI is InChI=1S/C25H18BrCl3N2O3/c1-2-33-23-10-16(9-17(13-30)25(32)31-20-7-5-18(27)6-8-20)21(26)12-24(23)34-14-15-3-4-19(28)11-22(15)29/h3-12H,2,14H2,1H3,(H,31,32)/b17-9+. The third-order valence-electron chi connectivity index (χ3n) is 4.53. The van der Waals surface area contributed by atoms with Crippen molar-refractivity contribution in [3.63, 3.8) is 0 Å². The summed E-state index contributed by atoms with van der Waals surface area (Å²) in [6.07, 6.45) is 1.47. The van der Waals surface area contributed by atoms with Gasteiger partial charge in [-0.2, -0.15) is 5.26 Å². The van der Waals surface area contributed by atoms with Crippen molar-refractivity contribution in [2.75, 3.05) is 11.9 Å². The van der Waals surface area contributed by atoms with Crippen LogP contribution in [0.3, 0.4) is 0 Å². The van der Waals surface area contributed by atoms with Crippen LogP contribution < -0.4 is 14.8 Å². The summed E-state index contributed by atoms with van der Waals surface area (Å²) in [6, 6.07) is 17.1. The first-order chi connectivity index (χ1) is 16.3. The number of hydrogen-bond acceptors (Lipinski definition) is 4. The maximum Gasteiger partial charge on any atom is 0.266 e. The van der Waals surface area contributed by atoms with E-state index in [9.17, 15) is 10.1 Å². The van der Waals surface area contributed by atoms with Gasteiger partial charge in [-0.05, 0) is 67.1 Å². The van der Waals surface area contributed by atoms with Gasteiger partial charge in [0.15, 0.2) is 11.5 Å². The predicted molar refractivity (Wildman–Crippen MR) is 140 cm³/mol. The number of carbonyl (C=O) groups is 1. The Kier molecular flexibility index (Phi) is 9.26. The minimum absolute atomic E-state index is 0.0836. The average molecular weight is 581 g/mol. The summed E-state index contributed by atoms with van der Waals surface area (Å²) in [6.45, 7) is 2.44. The first-order valence-corrected chi connectivity index (χ1v) is 11.9. The molecule has 0 spiro atoms. The van der Waals surface area contributed by atoms with E-state index < -0.39 is 5.91 Å². The molecule has 5 nitrogen and oxygen atoms in total. The van der Waals surface area contributed by atoms with Gasteiger partial charge in [0.1, 0.15) is 18.2 Å². The predicted octanol–water partition coefficient (Wildman–Crippen LogP) is 7.93. The first kappa shape index (κ1) is 25.9. The second-order valence-electron chi connectivity index (χ2n) is 6.91. The Morgan fingerprint density at radius 3 is 2.35 bits per heavy atom. The smallest absolute Gasteiger partial charge is 0.266 e. The molecule has 3 aromatic rings. The zero-order chi connectivity index (χ0) is 24.7. The van der Waals surface area contributed by atoms with Crippen LogP contribution in [0.25, 0.3) is 6.08 Å². The molecule has 34 heavy (non-hydrogen) atoms. The molecule has 1 N–H and O–H groups in total. The van der Waals surface area contributed by atoms with Gasteiger partial charge in [-0.1, -0.05) is 56.8 Å². The zero-order valence-corrected chi connectivity index (χ0v) is 21.7. The molecule has 0 saturated carbocycles. The molecule has 3 aromatic carbocycles. The minimum atomic E-state index is -0.549. The molecule has 0 heterocycles. The Morgan fingerprint density at radius 2 is 1.71 bits per heavy atom. The maximum atomic E-state index is 12.6. The number of anilines is 1. The summed E-state index contributed by atoms with van der Waals surface area (Å²) in [4.78, 5) is 12.6. The van der Waals surface area contributed by atoms with E-state index >= 15 is 0 Å². The Labute approximate surface area is 221 Å². The lowest BCUT2D eigenvalue weighted by Gasteiger charge is -2.15. The molecular formula is C25H18BrCl3N2O3. The first-order valence-electron chi connectivity index (χ1n) is 10.0. The Hall–Kier alpha value is -2.69. The molecule has 0 atom stereocenters. The molecule has 174 valence electrons. The van der Waals surface area contributed by atoms with Crippen LogP contribution in [-0.2, 0) is 11.4 Å². The number of halogens is 4. The largest absolute Gasteiger partial charge is 0.490 e. The van der Waals surface area contributed by atoms with Crippen LogP contribution >= 0.6 is 50.7 Å². The van der Waals surface area contributed by atoms with Crippen molar-refractivity contribution in [2.45, 2.75) is 13.5 Å². The van der Waals surface area contributed by atoms with Crippen molar-refractivity contribution in [2.24, 2.45) is 0 Å². The number of hydrogen-bond donors (Lipinski definition) is 1. The molecule has 0 unspecified atom stereocenters. The fraction of sp³-hybridized carbons (Fsp3) is 0.120. The van der Waals surface area contributed by atoms with Gasteiger partial charge >= 0.3 is 0 Å². The Bertz CT molecular complexity index is 1270. The maximum absolute atomic E-state index is 12.6. The molecule has 0 bridgehead atoms. The zero-order valence-electron chi connectivity index (χ0n) is 17.9. The highest BCUT2D eigenvalue weighted by molar-refractivity contribution is 9.10. The summed E-state index contributed by atoms with van der Waals surface area (Å²) in [5, 5.41) is 13.8. The molecule has 0 fully saturated rings. The molecule has 0 aliphatic heterocycles. The lowest BCUT2D eigenvalue weighted by molar-refractivity contribution is -0.112. The van der Waals surface area contributed by atoms with Crippen molar-refractivity contribution in [3.8, 4) is 17.6 Å². The SMILES string of the molecule is CCOc1cc(/C=C(\C#N)C(=O)Nc2ccc(Cl)cc2)c(Br)cc1OCc1ccc(Cl)cc1Cl. The van der Waals surface area contributed by atoms with Gasteiger partial charge in [0, 0.05) is 30.8 Å². The highest BCUT2D eigenvalue weighted by Crippen LogP contribution is 2.36. The Morgan fingerprint density at radius 1 is 1.03 bits per heavy atom. The van der Waals surface area contributed by atoms with E-state index in [1.165, 1.54) is 6.08 Å². The summed E-state index contributed by atoms with van der Waals surface area (Å²) in [7, 11) is 0. The molecule has 0 aliphatic carbocycles. The number of nitriles is 1. The molecule has 1 amide bonds. The van der Waals surface area contributed by atoms with Crippen LogP contribution in [0.1, 0.15) is 18.1 Å². The van der Waals surface area contributed by atoms with Crippen molar-refractivity contribution in [3.05, 3.63) is 90.8 Å². The molecular weight excluding hydrogens is 563 g/mol. The number of rotatable bonds is 8. The summed E-state index contributed by atoms with van der Waals surface area (Å²) >= 11 is 21.5. The molecule has 0 aliphatic rings. The summed E-state index contributed by atoms with van der Waals surface area (Å²) in [5.74, 6) is 0.380. The van der Waals surface area contributed by atoms with Gasteiger partial charge in [-0.25, -0.2) is 0 Å². The van der Waals surface area contributed by atoms with E-state index in [0.717, 1.165) is 5.56 Å². The Balaban J connectivity index is 1.85. The molecule has 0 aromatic heterocycles. The minimum Gasteiger partial charge on any atom is -0.490 e. The number of benzene rings is 3. The van der Waals surface area contributed by atoms with Gasteiger partial charge in [0.25, 0.3) is 5.91 Å². The van der Waals surface area contributed by atoms with Crippen LogP contribution in [0.2, 0.25) is 15.1 Å². The molecule has 0 radical (unpaired) electrons. The summed E-state index contributed by atoms with van der Waals surface area (Å²) in [5.41, 5.74) is 1.77. The van der Waals surface area contributed by atoms with Gasteiger partial charge < -0.3 is 14.8 Å². The highest BCUT2D eigenvalue weighted by atomic mass is 79.9. The molecule has 9 heteroatoms. The lowest BCUT2D eigenvalue weighted by atomic mass is 10.1. The van der Waals surface area contributed by atoms with Crippen molar-refractivity contribution >= 4 is 68.4 Å². The van der Waals surface area contributed by atoms with Crippen molar-refractivity contribution in [1.29, 1.82) is 5.26 Å². The van der Waals surface area contributed by atoms with Crippen molar-refractivity contribution < 1.29 is 14.3 Å². The lowest BCUT2D eigenvalue weighted by Crippen LogP contribution is -2.13. The molecule has 0 saturated heterocycles. The number of carbonyl (C=O) groups excluding carboxylic acids is 1. The highest BCUT2D eigenvalue weighted by Gasteiger charge is 2.15. The third kappa shape index (κ3) is 6.91. The second kappa shape index (κ2) is 12.1. The average Bonchev–Trinajstić information content (AvgIpc) is 2.80. The normalized spacial score (nSPS) is 11.0. The van der Waals surface area contributed by atoms with Gasteiger partial charge in [-0.15, -0.1) is 0 Å². The van der Waals surface area contributed by atoms with Crippen LogP contribution in [0.15, 0.2) is 64.6 Å². The van der Waals surface area contributed by atoms with Crippen LogP contribution in [0.5, 0.6) is 11.5 Å². The van der Waals surface area contributed by atoms with E-state index in [4.69, 9.17) is 44.3 Å². The number of nitrogens with zero attached hydrogens (tertiary/aromatic N) is 1. The molecule has 3 rings (SSSR count). The van der Waals surface area contributed by atoms with Gasteiger partial charge in [0.2, 0.25) is 0 Å². The number of ether oxygens (including phenoxy) is 2. The second-order valence-corrected chi connectivity index (χ2v) is 9.04. The third-order valence-corrected chi connectivity index (χ3v) is 6.05. The monoisotopic (exact) mass is 578 g/mol. The van der Waals surface area contributed by atoms with Gasteiger partial charge in [0.05, 0.1) is 6.61 Å². The van der Waals surface area contributed by atoms with Crippen LogP contribution in [-0.4, -0.2) is 12.5 Å².